The molecule has 16 heavy (non-hydrogen) atoms. The molecule has 0 aliphatic rings. The lowest BCUT2D eigenvalue weighted by molar-refractivity contribution is 0.0696. The van der Waals surface area contributed by atoms with E-state index < -0.39 is 11.9 Å². The minimum atomic E-state index is -1.21. The van der Waals surface area contributed by atoms with Crippen LogP contribution in [-0.2, 0) is 0 Å². The Hall–Kier alpha value is -2.08. The fourth-order valence-electron chi connectivity index (χ4n) is 1.11. The van der Waals surface area contributed by atoms with Crippen LogP contribution >= 0.6 is 0 Å². The minimum absolute atomic E-state index is 0.132. The van der Waals surface area contributed by atoms with Gasteiger partial charge in [0.1, 0.15) is 12.4 Å². The number of rotatable bonds is 5. The highest BCUT2D eigenvalue weighted by molar-refractivity contribution is 5.94. The maximum absolute atomic E-state index is 10.7. The SMILES string of the molecule is NCCOc1cc(C(=O)O)cc(C(=O)O)c1. The smallest absolute Gasteiger partial charge is 0.335 e. The van der Waals surface area contributed by atoms with Crippen molar-refractivity contribution in [1.29, 1.82) is 0 Å². The maximum Gasteiger partial charge on any atom is 0.335 e. The molecule has 0 aliphatic carbocycles. The predicted octanol–water partition coefficient (Wildman–Crippen LogP) is 0.420. The summed E-state index contributed by atoms with van der Waals surface area (Å²) < 4.78 is 5.09. The van der Waals surface area contributed by atoms with Crippen LogP contribution in [0.3, 0.4) is 0 Å². The first-order chi connectivity index (χ1) is 7.54. The fourth-order valence-corrected chi connectivity index (χ4v) is 1.11. The monoisotopic (exact) mass is 225 g/mol. The van der Waals surface area contributed by atoms with Crippen LogP contribution in [0, 0.1) is 0 Å². The van der Waals surface area contributed by atoms with E-state index in [2.05, 4.69) is 0 Å². The Balaban J connectivity index is 3.08. The molecule has 0 aliphatic heterocycles. The quantitative estimate of drug-likeness (QED) is 0.669. The van der Waals surface area contributed by atoms with Gasteiger partial charge in [-0.2, -0.15) is 0 Å². The topological polar surface area (TPSA) is 110 Å². The van der Waals surface area contributed by atoms with Crippen molar-refractivity contribution in [3.8, 4) is 5.75 Å². The lowest BCUT2D eigenvalue weighted by atomic mass is 10.1. The molecule has 4 N–H and O–H groups in total. The molecule has 0 amide bonds. The van der Waals surface area contributed by atoms with Crippen LogP contribution in [0.15, 0.2) is 18.2 Å². The Morgan fingerprint density at radius 1 is 1.12 bits per heavy atom. The van der Waals surface area contributed by atoms with Crippen LogP contribution in [0.1, 0.15) is 20.7 Å². The Morgan fingerprint density at radius 2 is 1.62 bits per heavy atom. The van der Waals surface area contributed by atoms with Crippen molar-refractivity contribution >= 4 is 11.9 Å². The van der Waals surface area contributed by atoms with E-state index in [1.165, 1.54) is 12.1 Å². The van der Waals surface area contributed by atoms with Crippen molar-refractivity contribution in [2.24, 2.45) is 5.73 Å². The molecule has 0 spiro atoms. The summed E-state index contributed by atoms with van der Waals surface area (Å²) in [5.74, 6) is -2.23. The molecular formula is C10H11NO5. The number of carboxylic acids is 2. The largest absolute Gasteiger partial charge is 0.492 e. The van der Waals surface area contributed by atoms with Gasteiger partial charge in [-0.25, -0.2) is 9.59 Å². The molecule has 0 saturated heterocycles. The molecule has 0 bridgehead atoms. The van der Waals surface area contributed by atoms with E-state index in [-0.39, 0.29) is 30.0 Å². The zero-order chi connectivity index (χ0) is 12.1. The van der Waals surface area contributed by atoms with Gasteiger partial charge in [0.2, 0.25) is 0 Å². The summed E-state index contributed by atoms with van der Waals surface area (Å²) >= 11 is 0. The summed E-state index contributed by atoms with van der Waals surface area (Å²) in [7, 11) is 0. The lowest BCUT2D eigenvalue weighted by Gasteiger charge is -2.06. The number of benzene rings is 1. The first-order valence-corrected chi connectivity index (χ1v) is 4.49. The van der Waals surface area contributed by atoms with Crippen LogP contribution in [0.4, 0.5) is 0 Å². The predicted molar refractivity (Wildman–Crippen MR) is 54.9 cm³/mol. The van der Waals surface area contributed by atoms with Crippen LogP contribution in [0.25, 0.3) is 0 Å². The van der Waals surface area contributed by atoms with E-state index in [9.17, 15) is 9.59 Å². The Labute approximate surface area is 91.3 Å². The minimum Gasteiger partial charge on any atom is -0.492 e. The second-order valence-corrected chi connectivity index (χ2v) is 2.99. The summed E-state index contributed by atoms with van der Waals surface area (Å²) in [5, 5.41) is 17.5. The zero-order valence-corrected chi connectivity index (χ0v) is 8.34. The molecule has 1 aromatic rings. The van der Waals surface area contributed by atoms with E-state index in [4.69, 9.17) is 20.7 Å². The fraction of sp³-hybridized carbons (Fsp3) is 0.200. The molecule has 1 rings (SSSR count). The van der Waals surface area contributed by atoms with Gasteiger partial charge in [0.25, 0.3) is 0 Å². The summed E-state index contributed by atoms with van der Waals surface area (Å²) in [6.45, 7) is 0.460. The highest BCUT2D eigenvalue weighted by atomic mass is 16.5. The molecule has 0 radical (unpaired) electrons. The van der Waals surface area contributed by atoms with Gasteiger partial charge in [-0.05, 0) is 18.2 Å². The van der Waals surface area contributed by atoms with Crippen LogP contribution < -0.4 is 10.5 Å². The molecule has 0 saturated carbocycles. The Bertz CT molecular complexity index is 383. The van der Waals surface area contributed by atoms with Crippen molar-refractivity contribution in [3.63, 3.8) is 0 Å². The molecule has 0 atom stereocenters. The molecule has 1 aromatic carbocycles. The van der Waals surface area contributed by atoms with Gasteiger partial charge in [0.05, 0.1) is 11.1 Å². The van der Waals surface area contributed by atoms with Crippen LogP contribution in [0.2, 0.25) is 0 Å². The molecule has 0 aromatic heterocycles. The highest BCUT2D eigenvalue weighted by Gasteiger charge is 2.11. The summed E-state index contributed by atoms with van der Waals surface area (Å²) in [4.78, 5) is 21.5. The summed E-state index contributed by atoms with van der Waals surface area (Å²) in [6.07, 6.45) is 0. The van der Waals surface area contributed by atoms with Gasteiger partial charge in [-0.15, -0.1) is 0 Å². The molecule has 0 heterocycles. The first kappa shape index (κ1) is 12.0. The van der Waals surface area contributed by atoms with Crippen molar-refractivity contribution in [1.82, 2.24) is 0 Å². The van der Waals surface area contributed by atoms with E-state index >= 15 is 0 Å². The van der Waals surface area contributed by atoms with Gasteiger partial charge in [0, 0.05) is 6.54 Å². The van der Waals surface area contributed by atoms with Crippen LogP contribution in [0.5, 0.6) is 5.75 Å². The Kier molecular flexibility index (Phi) is 3.84. The average molecular weight is 225 g/mol. The lowest BCUT2D eigenvalue weighted by Crippen LogP contribution is -2.11. The third-order valence-corrected chi connectivity index (χ3v) is 1.79. The third-order valence-electron chi connectivity index (χ3n) is 1.79. The van der Waals surface area contributed by atoms with Crippen molar-refractivity contribution in [2.45, 2.75) is 0 Å². The molecule has 6 heteroatoms. The third kappa shape index (κ3) is 2.96. The van der Waals surface area contributed by atoms with Gasteiger partial charge in [-0.1, -0.05) is 0 Å². The zero-order valence-electron chi connectivity index (χ0n) is 8.34. The van der Waals surface area contributed by atoms with Gasteiger partial charge in [0.15, 0.2) is 0 Å². The van der Waals surface area contributed by atoms with Gasteiger partial charge >= 0.3 is 11.9 Å². The highest BCUT2D eigenvalue weighted by Crippen LogP contribution is 2.17. The molecule has 6 nitrogen and oxygen atoms in total. The normalized spacial score (nSPS) is 9.81. The second kappa shape index (κ2) is 5.13. The number of hydrogen-bond acceptors (Lipinski definition) is 4. The number of ether oxygens (including phenoxy) is 1. The van der Waals surface area contributed by atoms with Crippen molar-refractivity contribution in [2.75, 3.05) is 13.2 Å². The number of nitrogens with two attached hydrogens (primary N) is 1. The summed E-state index contributed by atoms with van der Waals surface area (Å²) in [5.41, 5.74) is 4.95. The van der Waals surface area contributed by atoms with Crippen molar-refractivity contribution < 1.29 is 24.5 Å². The molecule has 86 valence electrons. The second-order valence-electron chi connectivity index (χ2n) is 2.99. The average Bonchev–Trinajstić information content (AvgIpc) is 2.25. The molecular weight excluding hydrogens is 214 g/mol. The van der Waals surface area contributed by atoms with E-state index in [1.54, 1.807) is 0 Å². The van der Waals surface area contributed by atoms with Gasteiger partial charge in [-0.3, -0.25) is 0 Å². The van der Waals surface area contributed by atoms with Gasteiger partial charge < -0.3 is 20.7 Å². The van der Waals surface area contributed by atoms with Crippen LogP contribution in [-0.4, -0.2) is 35.3 Å². The Morgan fingerprint density at radius 3 is 2.00 bits per heavy atom. The number of carbonyl (C=O) groups is 2. The molecule has 0 fully saturated rings. The van der Waals surface area contributed by atoms with E-state index in [1.807, 2.05) is 0 Å². The standard InChI is InChI=1S/C10H11NO5/c11-1-2-16-8-4-6(9(12)13)3-7(5-8)10(14)15/h3-5H,1-2,11H2,(H,12,13)(H,14,15). The van der Waals surface area contributed by atoms with E-state index in [0.29, 0.717) is 0 Å². The number of carboxylic acid groups (broad SMARTS) is 2. The first-order valence-electron chi connectivity index (χ1n) is 4.49. The van der Waals surface area contributed by atoms with E-state index in [0.717, 1.165) is 6.07 Å². The number of aromatic carboxylic acids is 2. The summed E-state index contributed by atoms with van der Waals surface area (Å²) in [6, 6.07) is 3.58. The number of hydrogen-bond donors (Lipinski definition) is 3. The maximum atomic E-state index is 10.7. The molecule has 0 unspecified atom stereocenters. The van der Waals surface area contributed by atoms with Crippen molar-refractivity contribution in [3.05, 3.63) is 29.3 Å².